The summed E-state index contributed by atoms with van der Waals surface area (Å²) in [6, 6.07) is 16.8. The Morgan fingerprint density at radius 3 is 2.26 bits per heavy atom. The quantitative estimate of drug-likeness (QED) is 0.662. The van der Waals surface area contributed by atoms with Crippen LogP contribution in [0.1, 0.15) is 27.8 Å². The van der Waals surface area contributed by atoms with Gasteiger partial charge in [-0.2, -0.15) is 5.10 Å². The smallest absolute Gasteiger partial charge is 0.278 e. The van der Waals surface area contributed by atoms with Crippen LogP contribution in [-0.2, 0) is 0 Å². The van der Waals surface area contributed by atoms with E-state index in [2.05, 4.69) is 10.00 Å². The van der Waals surface area contributed by atoms with Crippen molar-refractivity contribution in [1.29, 1.82) is 0 Å². The highest BCUT2D eigenvalue weighted by Gasteiger charge is 2.27. The number of ether oxygens (including phenoxy) is 1. The number of amides is 2. The van der Waals surface area contributed by atoms with Crippen LogP contribution >= 0.6 is 0 Å². The molecule has 4 rings (SSSR count). The number of carbonyl (C=O) groups excluding carboxylic acids is 2. The fourth-order valence-corrected chi connectivity index (χ4v) is 3.63. The zero-order valence-electron chi connectivity index (χ0n) is 17.4. The van der Waals surface area contributed by atoms with Crippen LogP contribution in [0.4, 0.5) is 5.69 Å². The van der Waals surface area contributed by atoms with E-state index >= 15 is 0 Å². The molecular formula is C23H25N5O3. The summed E-state index contributed by atoms with van der Waals surface area (Å²) in [7, 11) is 0. The Kier molecular flexibility index (Phi) is 5.88. The molecule has 0 radical (unpaired) electrons. The fourth-order valence-electron chi connectivity index (χ4n) is 3.63. The molecule has 8 heteroatoms. The van der Waals surface area contributed by atoms with Crippen molar-refractivity contribution >= 4 is 17.5 Å². The van der Waals surface area contributed by atoms with Crippen LogP contribution in [0.25, 0.3) is 5.69 Å². The second-order valence-corrected chi connectivity index (χ2v) is 7.25. The number of hydrogen-bond donors (Lipinski definition) is 1. The lowest BCUT2D eigenvalue weighted by atomic mass is 10.1. The van der Waals surface area contributed by atoms with Crippen LogP contribution < -0.4 is 15.4 Å². The molecule has 1 aliphatic heterocycles. The number of nitrogens with two attached hydrogens (primary N) is 1. The van der Waals surface area contributed by atoms with Gasteiger partial charge >= 0.3 is 0 Å². The van der Waals surface area contributed by atoms with E-state index in [1.54, 1.807) is 27.9 Å². The number of benzene rings is 2. The Morgan fingerprint density at radius 2 is 1.65 bits per heavy atom. The largest absolute Gasteiger partial charge is 0.490 e. The molecule has 1 aromatic heterocycles. The highest BCUT2D eigenvalue weighted by atomic mass is 16.5. The van der Waals surface area contributed by atoms with Crippen molar-refractivity contribution in [2.75, 3.05) is 37.7 Å². The lowest BCUT2D eigenvalue weighted by molar-refractivity contribution is 0.0736. The predicted molar refractivity (Wildman–Crippen MR) is 118 cm³/mol. The molecule has 2 N–H and O–H groups in total. The molecule has 160 valence electrons. The highest BCUT2D eigenvalue weighted by Crippen LogP contribution is 2.23. The summed E-state index contributed by atoms with van der Waals surface area (Å²) in [5.41, 5.74) is 7.98. The van der Waals surface area contributed by atoms with Crippen molar-refractivity contribution in [3.8, 4) is 11.4 Å². The van der Waals surface area contributed by atoms with Crippen molar-refractivity contribution in [3.63, 3.8) is 0 Å². The lowest BCUT2D eigenvalue weighted by Gasteiger charge is -2.36. The van der Waals surface area contributed by atoms with Gasteiger partial charge in [-0.3, -0.25) is 9.59 Å². The van der Waals surface area contributed by atoms with Crippen LogP contribution in [0, 0.1) is 0 Å². The Bertz CT molecular complexity index is 1050. The summed E-state index contributed by atoms with van der Waals surface area (Å²) in [6.45, 7) is 4.85. The van der Waals surface area contributed by atoms with Crippen LogP contribution in [0.15, 0.2) is 60.8 Å². The van der Waals surface area contributed by atoms with Gasteiger partial charge in [0.05, 0.1) is 18.5 Å². The summed E-state index contributed by atoms with van der Waals surface area (Å²) in [4.78, 5) is 28.4. The Labute approximate surface area is 180 Å². The first-order chi connectivity index (χ1) is 15.1. The van der Waals surface area contributed by atoms with Gasteiger partial charge in [-0.05, 0) is 43.3 Å². The third kappa shape index (κ3) is 4.37. The first kappa shape index (κ1) is 20.5. The molecule has 2 aromatic carbocycles. The van der Waals surface area contributed by atoms with Gasteiger partial charge in [0.1, 0.15) is 0 Å². The van der Waals surface area contributed by atoms with Crippen molar-refractivity contribution < 1.29 is 14.3 Å². The van der Waals surface area contributed by atoms with E-state index in [1.165, 1.54) is 0 Å². The summed E-state index contributed by atoms with van der Waals surface area (Å²) < 4.78 is 7.37. The predicted octanol–water partition coefficient (Wildman–Crippen LogP) is 2.33. The number of para-hydroxylation sites is 1. The first-order valence-electron chi connectivity index (χ1n) is 10.3. The fraction of sp³-hybridized carbons (Fsp3) is 0.261. The van der Waals surface area contributed by atoms with Crippen molar-refractivity contribution in [1.82, 2.24) is 14.7 Å². The SMILES string of the molecule is CCOc1cn(-c2ccccc2)nc1C(=O)N1CCN(c2ccc(C(N)=O)cc2)CC1. The molecule has 0 unspecified atom stereocenters. The molecule has 0 saturated carbocycles. The maximum Gasteiger partial charge on any atom is 0.278 e. The first-order valence-corrected chi connectivity index (χ1v) is 10.3. The van der Waals surface area contributed by atoms with E-state index in [4.69, 9.17) is 10.5 Å². The van der Waals surface area contributed by atoms with Gasteiger partial charge in [0.15, 0.2) is 11.4 Å². The van der Waals surface area contributed by atoms with E-state index in [0.717, 1.165) is 11.4 Å². The Hall–Kier alpha value is -3.81. The molecule has 8 nitrogen and oxygen atoms in total. The minimum absolute atomic E-state index is 0.137. The molecule has 31 heavy (non-hydrogen) atoms. The number of piperazine rings is 1. The summed E-state index contributed by atoms with van der Waals surface area (Å²) in [6.07, 6.45) is 1.75. The van der Waals surface area contributed by atoms with E-state index in [-0.39, 0.29) is 5.91 Å². The Morgan fingerprint density at radius 1 is 0.968 bits per heavy atom. The van der Waals surface area contributed by atoms with Gasteiger partial charge in [-0.15, -0.1) is 0 Å². The minimum Gasteiger partial charge on any atom is -0.490 e. The molecule has 1 aliphatic rings. The number of rotatable bonds is 6. The molecule has 1 saturated heterocycles. The van der Waals surface area contributed by atoms with Gasteiger partial charge in [-0.1, -0.05) is 18.2 Å². The number of primary amides is 1. The average Bonchev–Trinajstić information content (AvgIpc) is 3.23. The third-order valence-corrected chi connectivity index (χ3v) is 5.29. The van der Waals surface area contributed by atoms with Gasteiger partial charge in [0.25, 0.3) is 5.91 Å². The van der Waals surface area contributed by atoms with E-state index in [9.17, 15) is 9.59 Å². The zero-order chi connectivity index (χ0) is 21.8. The second kappa shape index (κ2) is 8.91. The van der Waals surface area contributed by atoms with Gasteiger partial charge in [-0.25, -0.2) is 4.68 Å². The van der Waals surface area contributed by atoms with Crippen molar-refractivity contribution in [2.45, 2.75) is 6.92 Å². The standard InChI is InChI=1S/C23H25N5O3/c1-2-31-20-16-28(19-6-4-3-5-7-19)25-21(20)23(30)27-14-12-26(13-15-27)18-10-8-17(9-11-18)22(24)29/h3-11,16H,2,12-15H2,1H3,(H2,24,29). The molecule has 0 spiro atoms. The molecule has 1 fully saturated rings. The van der Waals surface area contributed by atoms with E-state index in [1.807, 2.05) is 49.4 Å². The van der Waals surface area contributed by atoms with E-state index < -0.39 is 5.91 Å². The third-order valence-electron chi connectivity index (χ3n) is 5.29. The van der Waals surface area contributed by atoms with Crippen LogP contribution in [-0.4, -0.2) is 59.3 Å². The molecular weight excluding hydrogens is 394 g/mol. The monoisotopic (exact) mass is 419 g/mol. The molecule has 2 amide bonds. The van der Waals surface area contributed by atoms with Crippen LogP contribution in [0.2, 0.25) is 0 Å². The van der Waals surface area contributed by atoms with Crippen LogP contribution in [0.5, 0.6) is 5.75 Å². The normalized spacial score (nSPS) is 13.8. The maximum absolute atomic E-state index is 13.2. The number of anilines is 1. The summed E-state index contributed by atoms with van der Waals surface area (Å²) >= 11 is 0. The topological polar surface area (TPSA) is 93.7 Å². The van der Waals surface area contributed by atoms with Crippen LogP contribution in [0.3, 0.4) is 0 Å². The Balaban J connectivity index is 1.47. The van der Waals surface area contributed by atoms with Crippen molar-refractivity contribution in [3.05, 3.63) is 72.1 Å². The molecule has 0 bridgehead atoms. The van der Waals surface area contributed by atoms with E-state index in [0.29, 0.717) is 49.8 Å². The molecule has 3 aromatic rings. The highest BCUT2D eigenvalue weighted by molar-refractivity contribution is 5.95. The summed E-state index contributed by atoms with van der Waals surface area (Å²) in [5, 5.41) is 4.52. The molecule has 2 heterocycles. The lowest BCUT2D eigenvalue weighted by Crippen LogP contribution is -2.49. The minimum atomic E-state index is -0.443. The molecule has 0 atom stereocenters. The number of hydrogen-bond acceptors (Lipinski definition) is 5. The average molecular weight is 419 g/mol. The van der Waals surface area contributed by atoms with Crippen molar-refractivity contribution in [2.24, 2.45) is 5.73 Å². The second-order valence-electron chi connectivity index (χ2n) is 7.25. The number of aromatic nitrogens is 2. The molecule has 0 aliphatic carbocycles. The van der Waals surface area contributed by atoms with Gasteiger partial charge < -0.3 is 20.3 Å². The zero-order valence-corrected chi connectivity index (χ0v) is 17.4. The number of carbonyl (C=O) groups is 2. The summed E-state index contributed by atoms with van der Waals surface area (Å²) in [5.74, 6) is -0.0929. The van der Waals surface area contributed by atoms with Gasteiger partial charge in [0, 0.05) is 37.4 Å². The maximum atomic E-state index is 13.2. The number of nitrogens with zero attached hydrogens (tertiary/aromatic N) is 4. The van der Waals surface area contributed by atoms with Gasteiger partial charge in [0.2, 0.25) is 5.91 Å².